The van der Waals surface area contributed by atoms with Crippen molar-refractivity contribution in [1.29, 1.82) is 0 Å². The van der Waals surface area contributed by atoms with Crippen molar-refractivity contribution in [2.45, 2.75) is 19.9 Å². The summed E-state index contributed by atoms with van der Waals surface area (Å²) in [5.74, 6) is 0.138. The fraction of sp³-hybridized carbons (Fsp3) is 0.150. The second-order valence-corrected chi connectivity index (χ2v) is 6.15. The quantitative estimate of drug-likeness (QED) is 0.671. The predicted octanol–water partition coefficient (Wildman–Crippen LogP) is 4.56. The van der Waals surface area contributed by atoms with Crippen LogP contribution in [-0.4, -0.2) is 15.9 Å². The van der Waals surface area contributed by atoms with E-state index in [4.69, 9.17) is 11.6 Å². The number of aryl methyl sites for hydroxylation is 1. The number of amides is 1. The molecule has 0 aliphatic rings. The van der Waals surface area contributed by atoms with Crippen molar-refractivity contribution >= 4 is 29.1 Å². The first-order valence-corrected chi connectivity index (χ1v) is 8.74. The van der Waals surface area contributed by atoms with E-state index in [1.807, 2.05) is 48.5 Å². The Morgan fingerprint density at radius 1 is 1.08 bits per heavy atom. The second-order valence-electron chi connectivity index (χ2n) is 5.71. The minimum atomic E-state index is -0.261. The number of nitrogens with zero attached hydrogens (tertiary/aromatic N) is 2. The Balaban J connectivity index is 1.68. The van der Waals surface area contributed by atoms with Crippen LogP contribution in [0.4, 0.5) is 11.6 Å². The van der Waals surface area contributed by atoms with Crippen molar-refractivity contribution in [2.75, 3.05) is 10.6 Å². The summed E-state index contributed by atoms with van der Waals surface area (Å²) in [6.45, 7) is 2.59. The van der Waals surface area contributed by atoms with Crippen molar-refractivity contribution in [3.05, 3.63) is 82.6 Å². The molecule has 26 heavy (non-hydrogen) atoms. The summed E-state index contributed by atoms with van der Waals surface area (Å²) >= 11 is 5.88. The number of aromatic nitrogens is 2. The van der Waals surface area contributed by atoms with Crippen LogP contribution in [0.5, 0.6) is 0 Å². The highest BCUT2D eigenvalue weighted by Gasteiger charge is 2.11. The van der Waals surface area contributed by atoms with Gasteiger partial charge >= 0.3 is 0 Å². The summed E-state index contributed by atoms with van der Waals surface area (Å²) in [6.07, 6.45) is 2.41. The monoisotopic (exact) mass is 366 g/mol. The van der Waals surface area contributed by atoms with Crippen LogP contribution in [-0.2, 0) is 13.0 Å². The van der Waals surface area contributed by atoms with Crippen molar-refractivity contribution in [3.8, 4) is 0 Å². The molecule has 0 atom stereocenters. The molecule has 0 saturated carbocycles. The summed E-state index contributed by atoms with van der Waals surface area (Å²) in [5.41, 5.74) is 3.24. The highest BCUT2D eigenvalue weighted by molar-refractivity contribution is 6.30. The van der Waals surface area contributed by atoms with Gasteiger partial charge in [0, 0.05) is 23.5 Å². The molecular weight excluding hydrogens is 348 g/mol. The summed E-state index contributed by atoms with van der Waals surface area (Å²) in [6, 6.07) is 16.8. The smallest absolute Gasteiger partial charge is 0.274 e. The Hall–Kier alpha value is -2.92. The summed E-state index contributed by atoms with van der Waals surface area (Å²) in [5, 5.41) is 6.72. The number of benzene rings is 2. The minimum absolute atomic E-state index is 0.261. The zero-order valence-corrected chi connectivity index (χ0v) is 15.1. The average Bonchev–Trinajstić information content (AvgIpc) is 2.68. The Bertz CT molecular complexity index is 896. The van der Waals surface area contributed by atoms with E-state index >= 15 is 0 Å². The molecule has 0 aliphatic carbocycles. The topological polar surface area (TPSA) is 66.9 Å². The number of carbonyl (C=O) groups is 1. The standard InChI is InChI=1S/C20H19ClN4O/c1-2-15-5-3-4-6-17(15)24-19(26)18-11-12-22-20(25-18)23-13-14-7-9-16(21)10-8-14/h3-12H,2,13H2,1H3,(H,24,26)(H,22,23,25). The van der Waals surface area contributed by atoms with Gasteiger partial charge in [0.15, 0.2) is 0 Å². The highest BCUT2D eigenvalue weighted by atomic mass is 35.5. The molecule has 0 unspecified atom stereocenters. The maximum Gasteiger partial charge on any atom is 0.274 e. The Labute approximate surface area is 157 Å². The van der Waals surface area contributed by atoms with Crippen molar-refractivity contribution < 1.29 is 4.79 Å². The van der Waals surface area contributed by atoms with Crippen LogP contribution in [0.15, 0.2) is 60.8 Å². The lowest BCUT2D eigenvalue weighted by Crippen LogP contribution is -2.16. The van der Waals surface area contributed by atoms with E-state index < -0.39 is 0 Å². The summed E-state index contributed by atoms with van der Waals surface area (Å²) in [7, 11) is 0. The summed E-state index contributed by atoms with van der Waals surface area (Å²) in [4.78, 5) is 21.0. The van der Waals surface area contributed by atoms with Gasteiger partial charge in [0.05, 0.1) is 0 Å². The van der Waals surface area contributed by atoms with Crippen LogP contribution in [0.2, 0.25) is 5.02 Å². The van der Waals surface area contributed by atoms with E-state index in [2.05, 4.69) is 27.5 Å². The van der Waals surface area contributed by atoms with Gasteiger partial charge in [-0.15, -0.1) is 0 Å². The van der Waals surface area contributed by atoms with E-state index in [-0.39, 0.29) is 5.91 Å². The molecule has 3 aromatic rings. The number of rotatable bonds is 6. The summed E-state index contributed by atoms with van der Waals surface area (Å²) < 4.78 is 0. The van der Waals surface area contributed by atoms with E-state index in [1.54, 1.807) is 12.3 Å². The normalized spacial score (nSPS) is 10.4. The fourth-order valence-corrected chi connectivity index (χ4v) is 2.62. The molecular formula is C20H19ClN4O. The van der Waals surface area contributed by atoms with Crippen LogP contribution < -0.4 is 10.6 Å². The number of para-hydroxylation sites is 1. The molecule has 2 N–H and O–H groups in total. The minimum Gasteiger partial charge on any atom is -0.350 e. The number of halogens is 1. The third-order valence-corrected chi connectivity index (χ3v) is 4.15. The molecule has 1 amide bonds. The Morgan fingerprint density at radius 2 is 1.85 bits per heavy atom. The molecule has 0 radical (unpaired) electrons. The molecule has 132 valence electrons. The van der Waals surface area contributed by atoms with Crippen LogP contribution in [0.25, 0.3) is 0 Å². The third-order valence-electron chi connectivity index (χ3n) is 3.90. The molecule has 6 heteroatoms. The van der Waals surface area contributed by atoms with Gasteiger partial charge < -0.3 is 10.6 Å². The van der Waals surface area contributed by atoms with Gasteiger partial charge in [0.25, 0.3) is 5.91 Å². The van der Waals surface area contributed by atoms with Crippen molar-refractivity contribution in [1.82, 2.24) is 9.97 Å². The van der Waals surface area contributed by atoms with Crippen LogP contribution in [0.1, 0.15) is 28.5 Å². The molecule has 1 heterocycles. The van der Waals surface area contributed by atoms with E-state index in [0.717, 1.165) is 23.2 Å². The van der Waals surface area contributed by atoms with Gasteiger partial charge in [-0.2, -0.15) is 0 Å². The lowest BCUT2D eigenvalue weighted by molar-refractivity contribution is 0.102. The largest absolute Gasteiger partial charge is 0.350 e. The Kier molecular flexibility index (Phi) is 5.81. The van der Waals surface area contributed by atoms with E-state index in [1.165, 1.54) is 0 Å². The molecule has 0 saturated heterocycles. The van der Waals surface area contributed by atoms with Crippen molar-refractivity contribution in [2.24, 2.45) is 0 Å². The predicted molar refractivity (Wildman–Crippen MR) is 105 cm³/mol. The zero-order valence-electron chi connectivity index (χ0n) is 14.4. The molecule has 2 aromatic carbocycles. The van der Waals surface area contributed by atoms with Crippen LogP contribution in [0, 0.1) is 0 Å². The highest BCUT2D eigenvalue weighted by Crippen LogP contribution is 2.16. The van der Waals surface area contributed by atoms with Gasteiger partial charge in [-0.1, -0.05) is 48.9 Å². The average molecular weight is 367 g/mol. The molecule has 3 rings (SSSR count). The molecule has 0 spiro atoms. The van der Waals surface area contributed by atoms with Gasteiger partial charge in [-0.25, -0.2) is 9.97 Å². The lowest BCUT2D eigenvalue weighted by Gasteiger charge is -2.10. The van der Waals surface area contributed by atoms with Gasteiger partial charge in [-0.3, -0.25) is 4.79 Å². The van der Waals surface area contributed by atoms with Gasteiger partial charge in [0.2, 0.25) is 5.95 Å². The Morgan fingerprint density at radius 3 is 2.62 bits per heavy atom. The zero-order chi connectivity index (χ0) is 18.4. The van der Waals surface area contributed by atoms with E-state index in [9.17, 15) is 4.79 Å². The van der Waals surface area contributed by atoms with Crippen molar-refractivity contribution in [3.63, 3.8) is 0 Å². The SMILES string of the molecule is CCc1ccccc1NC(=O)c1ccnc(NCc2ccc(Cl)cc2)n1. The lowest BCUT2D eigenvalue weighted by atomic mass is 10.1. The number of anilines is 2. The molecule has 5 nitrogen and oxygen atoms in total. The molecule has 1 aromatic heterocycles. The molecule has 0 aliphatic heterocycles. The second kappa shape index (κ2) is 8.45. The van der Waals surface area contributed by atoms with E-state index in [0.29, 0.717) is 23.2 Å². The fourth-order valence-electron chi connectivity index (χ4n) is 2.49. The van der Waals surface area contributed by atoms with Gasteiger partial charge in [0.1, 0.15) is 5.69 Å². The molecule has 0 bridgehead atoms. The number of hydrogen-bond donors (Lipinski definition) is 2. The molecule has 0 fully saturated rings. The maximum atomic E-state index is 12.5. The maximum absolute atomic E-state index is 12.5. The van der Waals surface area contributed by atoms with Gasteiger partial charge in [-0.05, 0) is 41.8 Å². The number of hydrogen-bond acceptors (Lipinski definition) is 4. The van der Waals surface area contributed by atoms with Crippen LogP contribution in [0.3, 0.4) is 0 Å². The first-order valence-electron chi connectivity index (χ1n) is 8.36. The number of carbonyl (C=O) groups excluding carboxylic acids is 1. The number of nitrogens with one attached hydrogen (secondary N) is 2. The first-order chi connectivity index (χ1) is 12.7. The third kappa shape index (κ3) is 4.58. The van der Waals surface area contributed by atoms with Crippen LogP contribution >= 0.6 is 11.6 Å². The first kappa shape index (κ1) is 17.9.